The average molecular weight is 318 g/mol. The molecule has 5 heteroatoms. The molecule has 2 unspecified atom stereocenters. The zero-order chi connectivity index (χ0) is 16.1. The summed E-state index contributed by atoms with van der Waals surface area (Å²) in [5, 5.41) is 19.1. The minimum atomic E-state index is -1.01. The van der Waals surface area contributed by atoms with Crippen LogP contribution in [0.2, 0.25) is 5.02 Å². The number of halogens is 2. The average Bonchev–Trinajstić information content (AvgIpc) is 2.48. The molecule has 0 bridgehead atoms. The van der Waals surface area contributed by atoms with Crippen LogP contribution in [0.4, 0.5) is 4.39 Å². The molecule has 1 N–H and O–H groups in total. The number of nitriles is 1. The summed E-state index contributed by atoms with van der Waals surface area (Å²) in [6.07, 6.45) is -0.212. The van der Waals surface area contributed by atoms with Gasteiger partial charge in [-0.3, -0.25) is 4.79 Å². The maximum atomic E-state index is 13.0. The number of carbonyl (C=O) groups is 1. The van der Waals surface area contributed by atoms with Crippen LogP contribution >= 0.6 is 11.6 Å². The Balaban J connectivity index is 2.44. The number of carboxylic acid groups (broad SMARTS) is 1. The van der Waals surface area contributed by atoms with Crippen LogP contribution in [0.1, 0.15) is 29.4 Å². The van der Waals surface area contributed by atoms with E-state index >= 15 is 0 Å². The van der Waals surface area contributed by atoms with Crippen molar-refractivity contribution in [2.45, 2.75) is 18.3 Å². The first-order valence-corrected chi connectivity index (χ1v) is 7.01. The van der Waals surface area contributed by atoms with Gasteiger partial charge in [0.05, 0.1) is 18.4 Å². The van der Waals surface area contributed by atoms with Gasteiger partial charge in [0.1, 0.15) is 5.82 Å². The lowest BCUT2D eigenvalue weighted by molar-refractivity contribution is -0.137. The van der Waals surface area contributed by atoms with E-state index in [1.54, 1.807) is 24.3 Å². The van der Waals surface area contributed by atoms with Crippen LogP contribution in [-0.4, -0.2) is 11.1 Å². The minimum absolute atomic E-state index is 0.212. The number of carboxylic acids is 1. The van der Waals surface area contributed by atoms with Crippen LogP contribution in [0.25, 0.3) is 0 Å². The fourth-order valence-corrected chi connectivity index (χ4v) is 2.62. The number of benzene rings is 2. The third kappa shape index (κ3) is 3.84. The van der Waals surface area contributed by atoms with E-state index in [1.165, 1.54) is 24.3 Å². The van der Waals surface area contributed by atoms with Gasteiger partial charge in [0.2, 0.25) is 0 Å². The van der Waals surface area contributed by atoms with Gasteiger partial charge in [-0.05, 0) is 35.4 Å². The lowest BCUT2D eigenvalue weighted by Crippen LogP contribution is -2.14. The van der Waals surface area contributed by atoms with E-state index in [4.69, 9.17) is 16.7 Å². The second kappa shape index (κ2) is 7.06. The van der Waals surface area contributed by atoms with Crippen LogP contribution in [0.3, 0.4) is 0 Å². The largest absolute Gasteiger partial charge is 0.481 e. The summed E-state index contributed by atoms with van der Waals surface area (Å²) in [6.45, 7) is 0. The summed E-state index contributed by atoms with van der Waals surface area (Å²) in [5.41, 5.74) is 1.25. The first-order valence-electron chi connectivity index (χ1n) is 6.63. The zero-order valence-electron chi connectivity index (χ0n) is 11.5. The maximum absolute atomic E-state index is 13.0. The second-order valence-corrected chi connectivity index (χ2v) is 5.35. The standard InChI is InChI=1S/C17H13ClFNO2/c18-13-3-1-2-12(8-13)15(9-17(21)22)16(10-20)11-4-6-14(19)7-5-11/h1-8,15-16H,9H2,(H,21,22). The van der Waals surface area contributed by atoms with Crippen molar-refractivity contribution in [1.82, 2.24) is 0 Å². The molecule has 0 fully saturated rings. The van der Waals surface area contributed by atoms with Crippen molar-refractivity contribution in [2.24, 2.45) is 0 Å². The molecular weight excluding hydrogens is 305 g/mol. The molecule has 3 nitrogen and oxygen atoms in total. The molecule has 0 heterocycles. The van der Waals surface area contributed by atoms with E-state index in [2.05, 4.69) is 6.07 Å². The Bertz CT molecular complexity index is 709. The summed E-state index contributed by atoms with van der Waals surface area (Å²) < 4.78 is 13.0. The van der Waals surface area contributed by atoms with Crippen molar-refractivity contribution >= 4 is 17.6 Å². The van der Waals surface area contributed by atoms with Gasteiger partial charge in [0, 0.05) is 10.9 Å². The molecule has 0 aliphatic rings. The van der Waals surface area contributed by atoms with Gasteiger partial charge in [-0.25, -0.2) is 4.39 Å². The molecule has 0 aromatic heterocycles. The quantitative estimate of drug-likeness (QED) is 0.892. The Labute approximate surface area is 132 Å². The molecule has 2 atom stereocenters. The highest BCUT2D eigenvalue weighted by molar-refractivity contribution is 6.30. The Hall–Kier alpha value is -2.38. The first kappa shape index (κ1) is 16.0. The molecule has 0 saturated heterocycles. The predicted octanol–water partition coefficient (Wildman–Crippen LogP) is 4.34. The Morgan fingerprint density at radius 3 is 2.45 bits per heavy atom. The van der Waals surface area contributed by atoms with E-state index in [-0.39, 0.29) is 6.42 Å². The first-order chi connectivity index (χ1) is 10.5. The lowest BCUT2D eigenvalue weighted by Gasteiger charge is -2.21. The second-order valence-electron chi connectivity index (χ2n) is 4.92. The number of nitrogens with zero attached hydrogens (tertiary/aromatic N) is 1. The highest BCUT2D eigenvalue weighted by Gasteiger charge is 2.27. The Kier molecular flexibility index (Phi) is 5.13. The zero-order valence-corrected chi connectivity index (χ0v) is 12.3. The van der Waals surface area contributed by atoms with Crippen LogP contribution in [0.15, 0.2) is 48.5 Å². The molecule has 0 radical (unpaired) electrons. The molecule has 112 valence electrons. The molecule has 2 aromatic carbocycles. The molecule has 22 heavy (non-hydrogen) atoms. The third-order valence-electron chi connectivity index (χ3n) is 3.44. The van der Waals surface area contributed by atoms with Gasteiger partial charge in [0.25, 0.3) is 0 Å². The van der Waals surface area contributed by atoms with E-state index in [1.807, 2.05) is 0 Å². The van der Waals surface area contributed by atoms with Gasteiger partial charge in [-0.15, -0.1) is 0 Å². The summed E-state index contributed by atoms with van der Waals surface area (Å²) in [6, 6.07) is 14.5. The Morgan fingerprint density at radius 2 is 1.91 bits per heavy atom. The molecular formula is C17H13ClFNO2. The van der Waals surface area contributed by atoms with E-state index in [0.717, 1.165) is 0 Å². The van der Waals surface area contributed by atoms with Gasteiger partial charge in [-0.2, -0.15) is 5.26 Å². The normalized spacial score (nSPS) is 13.1. The fourth-order valence-electron chi connectivity index (χ4n) is 2.42. The Morgan fingerprint density at radius 1 is 1.23 bits per heavy atom. The van der Waals surface area contributed by atoms with Crippen LogP contribution in [0, 0.1) is 17.1 Å². The number of rotatable bonds is 5. The molecule has 0 aliphatic heterocycles. The minimum Gasteiger partial charge on any atom is -0.481 e. The van der Waals surface area contributed by atoms with Crippen molar-refractivity contribution in [1.29, 1.82) is 5.26 Å². The van der Waals surface area contributed by atoms with Gasteiger partial charge >= 0.3 is 5.97 Å². The predicted molar refractivity (Wildman–Crippen MR) is 81.2 cm³/mol. The molecule has 0 amide bonds. The molecule has 0 spiro atoms. The molecule has 0 aliphatic carbocycles. The van der Waals surface area contributed by atoms with Gasteiger partial charge in [-0.1, -0.05) is 35.9 Å². The van der Waals surface area contributed by atoms with Gasteiger partial charge in [0.15, 0.2) is 0 Å². The molecule has 0 saturated carbocycles. The lowest BCUT2D eigenvalue weighted by atomic mass is 9.80. The number of aliphatic carboxylic acids is 1. The van der Waals surface area contributed by atoms with Crippen LogP contribution in [0.5, 0.6) is 0 Å². The summed E-state index contributed by atoms with van der Waals surface area (Å²) >= 11 is 5.96. The number of hydrogen-bond donors (Lipinski definition) is 1. The topological polar surface area (TPSA) is 61.1 Å². The van der Waals surface area contributed by atoms with Crippen molar-refractivity contribution in [3.05, 3.63) is 70.5 Å². The van der Waals surface area contributed by atoms with E-state index < -0.39 is 23.6 Å². The monoisotopic (exact) mass is 317 g/mol. The van der Waals surface area contributed by atoms with Gasteiger partial charge < -0.3 is 5.11 Å². The van der Waals surface area contributed by atoms with Crippen molar-refractivity contribution in [3.8, 4) is 6.07 Å². The SMILES string of the molecule is N#CC(c1ccc(F)cc1)C(CC(=O)O)c1cccc(Cl)c1. The van der Waals surface area contributed by atoms with E-state index in [9.17, 15) is 14.4 Å². The van der Waals surface area contributed by atoms with E-state index in [0.29, 0.717) is 16.1 Å². The fraction of sp³-hybridized carbons (Fsp3) is 0.176. The highest BCUT2D eigenvalue weighted by Crippen LogP contribution is 2.36. The number of hydrogen-bond acceptors (Lipinski definition) is 2. The smallest absolute Gasteiger partial charge is 0.304 e. The van der Waals surface area contributed by atoms with Crippen LogP contribution < -0.4 is 0 Å². The van der Waals surface area contributed by atoms with Crippen molar-refractivity contribution in [3.63, 3.8) is 0 Å². The van der Waals surface area contributed by atoms with Crippen LogP contribution in [-0.2, 0) is 4.79 Å². The maximum Gasteiger partial charge on any atom is 0.304 e. The van der Waals surface area contributed by atoms with Crippen molar-refractivity contribution < 1.29 is 14.3 Å². The summed E-state index contributed by atoms with van der Waals surface area (Å²) in [7, 11) is 0. The summed E-state index contributed by atoms with van der Waals surface area (Å²) in [5.74, 6) is -2.67. The summed E-state index contributed by atoms with van der Waals surface area (Å²) in [4.78, 5) is 11.2. The van der Waals surface area contributed by atoms with Crippen molar-refractivity contribution in [2.75, 3.05) is 0 Å². The highest BCUT2D eigenvalue weighted by atomic mass is 35.5. The third-order valence-corrected chi connectivity index (χ3v) is 3.68. The molecule has 2 aromatic rings. The molecule has 2 rings (SSSR count).